The monoisotopic (exact) mass is 360 g/mol. The first-order valence-electron chi connectivity index (χ1n) is 9.25. The molecule has 2 N–H and O–H groups in total. The molecule has 1 saturated carbocycles. The molecule has 2 aromatic rings. The van der Waals surface area contributed by atoms with E-state index in [1.54, 1.807) is 6.07 Å². The zero-order valence-corrected chi connectivity index (χ0v) is 14.5. The summed E-state index contributed by atoms with van der Waals surface area (Å²) >= 11 is 0. The van der Waals surface area contributed by atoms with Gasteiger partial charge >= 0.3 is 6.18 Å². The largest absolute Gasteiger partial charge is 0.416 e. The summed E-state index contributed by atoms with van der Waals surface area (Å²) in [4.78, 5) is 0. The molecule has 0 amide bonds. The summed E-state index contributed by atoms with van der Waals surface area (Å²) in [6, 6.07) is 14.7. The lowest BCUT2D eigenvalue weighted by atomic mass is 10.00. The van der Waals surface area contributed by atoms with Crippen LogP contribution in [0, 0.1) is 0 Å². The Labute approximate surface area is 151 Å². The Bertz CT molecular complexity index is 749. The van der Waals surface area contributed by atoms with Gasteiger partial charge < -0.3 is 10.6 Å². The van der Waals surface area contributed by atoms with Crippen LogP contribution in [-0.4, -0.2) is 25.2 Å². The molecule has 0 spiro atoms. The summed E-state index contributed by atoms with van der Waals surface area (Å²) in [6.07, 6.45) is -0.806. The second-order valence-electron chi connectivity index (χ2n) is 7.34. The van der Waals surface area contributed by atoms with Crippen LogP contribution in [0.2, 0.25) is 0 Å². The highest BCUT2D eigenvalue weighted by Crippen LogP contribution is 2.42. The predicted molar refractivity (Wildman–Crippen MR) is 97.1 cm³/mol. The van der Waals surface area contributed by atoms with Gasteiger partial charge in [0.25, 0.3) is 0 Å². The SMILES string of the molecule is FC(F)(F)c1cccc(-c2ccc([C@H]3C[C@@H]3NC3CCNCC3)cc2)c1. The van der Waals surface area contributed by atoms with Gasteiger partial charge in [-0.2, -0.15) is 13.2 Å². The minimum absolute atomic E-state index is 0.528. The van der Waals surface area contributed by atoms with Gasteiger partial charge in [0.2, 0.25) is 0 Å². The quantitative estimate of drug-likeness (QED) is 0.835. The molecule has 1 aliphatic carbocycles. The van der Waals surface area contributed by atoms with Crippen LogP contribution in [0.25, 0.3) is 11.1 Å². The van der Waals surface area contributed by atoms with Gasteiger partial charge in [0.15, 0.2) is 0 Å². The van der Waals surface area contributed by atoms with E-state index in [9.17, 15) is 13.2 Å². The highest BCUT2D eigenvalue weighted by Gasteiger charge is 2.39. The molecule has 0 aromatic heterocycles. The lowest BCUT2D eigenvalue weighted by molar-refractivity contribution is -0.137. The molecule has 2 atom stereocenters. The van der Waals surface area contributed by atoms with Gasteiger partial charge in [-0.05, 0) is 61.2 Å². The minimum Gasteiger partial charge on any atom is -0.317 e. The fourth-order valence-electron chi connectivity index (χ4n) is 3.84. The summed E-state index contributed by atoms with van der Waals surface area (Å²) in [6.45, 7) is 2.17. The van der Waals surface area contributed by atoms with Crippen LogP contribution in [0.15, 0.2) is 48.5 Å². The Kier molecular flexibility index (Phi) is 4.76. The van der Waals surface area contributed by atoms with Crippen LogP contribution < -0.4 is 10.6 Å². The number of benzene rings is 2. The normalized spacial score (nSPS) is 23.8. The maximum Gasteiger partial charge on any atom is 0.416 e. The lowest BCUT2D eigenvalue weighted by Crippen LogP contribution is -2.41. The van der Waals surface area contributed by atoms with Crippen LogP contribution >= 0.6 is 0 Å². The van der Waals surface area contributed by atoms with Gasteiger partial charge in [0, 0.05) is 18.0 Å². The third kappa shape index (κ3) is 3.94. The second kappa shape index (κ2) is 7.05. The number of hydrogen-bond acceptors (Lipinski definition) is 2. The average Bonchev–Trinajstić information content (AvgIpc) is 3.41. The van der Waals surface area contributed by atoms with Gasteiger partial charge in [-0.1, -0.05) is 36.4 Å². The van der Waals surface area contributed by atoms with E-state index in [2.05, 4.69) is 22.8 Å². The molecule has 0 bridgehead atoms. The molecule has 2 fully saturated rings. The first-order valence-corrected chi connectivity index (χ1v) is 9.25. The highest BCUT2D eigenvalue weighted by molar-refractivity contribution is 5.65. The number of piperidine rings is 1. The van der Waals surface area contributed by atoms with Crippen molar-refractivity contribution in [3.8, 4) is 11.1 Å². The van der Waals surface area contributed by atoms with Gasteiger partial charge in [0.1, 0.15) is 0 Å². The summed E-state index contributed by atoms with van der Waals surface area (Å²) in [7, 11) is 0. The number of nitrogens with one attached hydrogen (secondary N) is 2. The van der Waals surface area contributed by atoms with Crippen LogP contribution in [-0.2, 0) is 6.18 Å². The molecule has 0 unspecified atom stereocenters. The van der Waals surface area contributed by atoms with Crippen LogP contribution in [0.5, 0.6) is 0 Å². The Morgan fingerprint density at radius 3 is 2.35 bits per heavy atom. The maximum atomic E-state index is 12.9. The van der Waals surface area contributed by atoms with Crippen LogP contribution in [0.3, 0.4) is 0 Å². The van der Waals surface area contributed by atoms with E-state index < -0.39 is 11.7 Å². The van der Waals surface area contributed by atoms with E-state index in [0.717, 1.165) is 31.1 Å². The topological polar surface area (TPSA) is 24.1 Å². The Morgan fingerprint density at radius 2 is 1.65 bits per heavy atom. The predicted octanol–water partition coefficient (Wildman–Crippen LogP) is 4.57. The Morgan fingerprint density at radius 1 is 0.923 bits per heavy atom. The van der Waals surface area contributed by atoms with E-state index in [0.29, 0.717) is 23.6 Å². The summed E-state index contributed by atoms with van der Waals surface area (Å²) < 4.78 is 38.7. The Balaban J connectivity index is 1.41. The lowest BCUT2D eigenvalue weighted by Gasteiger charge is -2.24. The second-order valence-corrected chi connectivity index (χ2v) is 7.34. The van der Waals surface area contributed by atoms with Gasteiger partial charge in [-0.25, -0.2) is 0 Å². The van der Waals surface area contributed by atoms with Crippen molar-refractivity contribution in [2.45, 2.75) is 43.4 Å². The van der Waals surface area contributed by atoms with Gasteiger partial charge in [-0.3, -0.25) is 0 Å². The summed E-state index contributed by atoms with van der Waals surface area (Å²) in [5, 5.41) is 7.12. The fourth-order valence-corrected chi connectivity index (χ4v) is 3.84. The third-order valence-corrected chi connectivity index (χ3v) is 5.44. The molecule has 1 heterocycles. The molecule has 1 saturated heterocycles. The molecule has 4 rings (SSSR count). The van der Waals surface area contributed by atoms with Crippen molar-refractivity contribution >= 4 is 0 Å². The van der Waals surface area contributed by atoms with E-state index in [4.69, 9.17) is 0 Å². The molecule has 0 radical (unpaired) electrons. The van der Waals surface area contributed by atoms with Crippen molar-refractivity contribution in [3.63, 3.8) is 0 Å². The van der Waals surface area contributed by atoms with Crippen molar-refractivity contribution < 1.29 is 13.2 Å². The molecule has 138 valence electrons. The standard InChI is InChI=1S/C21H23F3N2/c22-21(23,24)17-3-1-2-16(12-17)14-4-6-15(7-5-14)19-13-20(19)26-18-8-10-25-11-9-18/h1-7,12,18-20,25-26H,8-11,13H2/t19-,20+/m1/s1. The highest BCUT2D eigenvalue weighted by atomic mass is 19.4. The average molecular weight is 360 g/mol. The van der Waals surface area contributed by atoms with E-state index in [-0.39, 0.29) is 0 Å². The number of halogens is 3. The van der Waals surface area contributed by atoms with E-state index in [1.165, 1.54) is 30.5 Å². The first kappa shape index (κ1) is 17.6. The van der Waals surface area contributed by atoms with Gasteiger partial charge in [-0.15, -0.1) is 0 Å². The number of alkyl halides is 3. The summed E-state index contributed by atoms with van der Waals surface area (Å²) in [5.74, 6) is 0.528. The zero-order chi connectivity index (χ0) is 18.1. The molecule has 2 nitrogen and oxygen atoms in total. The smallest absolute Gasteiger partial charge is 0.317 e. The maximum absolute atomic E-state index is 12.9. The number of rotatable bonds is 4. The van der Waals surface area contributed by atoms with Crippen molar-refractivity contribution in [1.82, 2.24) is 10.6 Å². The number of hydrogen-bond donors (Lipinski definition) is 2. The third-order valence-electron chi connectivity index (χ3n) is 5.44. The molecule has 5 heteroatoms. The molecule has 2 aromatic carbocycles. The molecule has 1 aliphatic heterocycles. The first-order chi connectivity index (χ1) is 12.5. The van der Waals surface area contributed by atoms with Crippen LogP contribution in [0.1, 0.15) is 36.3 Å². The van der Waals surface area contributed by atoms with Gasteiger partial charge in [0.05, 0.1) is 5.56 Å². The van der Waals surface area contributed by atoms with E-state index >= 15 is 0 Å². The van der Waals surface area contributed by atoms with Crippen LogP contribution in [0.4, 0.5) is 13.2 Å². The summed E-state index contributed by atoms with van der Waals surface area (Å²) in [5.41, 5.74) is 2.09. The zero-order valence-electron chi connectivity index (χ0n) is 14.5. The molecule has 2 aliphatic rings. The van der Waals surface area contributed by atoms with Crippen molar-refractivity contribution in [2.24, 2.45) is 0 Å². The molecular weight excluding hydrogens is 337 g/mol. The van der Waals surface area contributed by atoms with Crippen molar-refractivity contribution in [2.75, 3.05) is 13.1 Å². The molecular formula is C21H23F3N2. The molecule has 26 heavy (non-hydrogen) atoms. The fraction of sp³-hybridized carbons (Fsp3) is 0.429. The van der Waals surface area contributed by atoms with Crippen molar-refractivity contribution in [3.05, 3.63) is 59.7 Å². The minimum atomic E-state index is -4.31. The van der Waals surface area contributed by atoms with Crippen molar-refractivity contribution in [1.29, 1.82) is 0 Å². The van der Waals surface area contributed by atoms with E-state index in [1.807, 2.05) is 12.1 Å². The Hall–Kier alpha value is -1.85.